The number of nitro benzene ring substituents is 1. The fourth-order valence-electron chi connectivity index (χ4n) is 2.40. The molecule has 1 unspecified atom stereocenters. The number of nitro groups is 1. The molecule has 0 saturated carbocycles. The summed E-state index contributed by atoms with van der Waals surface area (Å²) in [5, 5.41) is 11.0. The molecular weight excluding hydrogens is 356 g/mol. The lowest BCUT2D eigenvalue weighted by molar-refractivity contribution is -0.385. The molecule has 2 aromatic carbocycles. The van der Waals surface area contributed by atoms with Crippen molar-refractivity contribution in [3.05, 3.63) is 69.8 Å². The second-order valence-electron chi connectivity index (χ2n) is 5.88. The van der Waals surface area contributed by atoms with Gasteiger partial charge in [0.15, 0.2) is 0 Å². The van der Waals surface area contributed by atoms with Crippen LogP contribution < -0.4 is 4.72 Å². The average molecular weight is 378 g/mol. The van der Waals surface area contributed by atoms with Crippen LogP contribution in [0.15, 0.2) is 53.4 Å². The van der Waals surface area contributed by atoms with Crippen LogP contribution in [0.5, 0.6) is 0 Å². The van der Waals surface area contributed by atoms with E-state index in [2.05, 4.69) is 4.72 Å². The largest absolute Gasteiger partial charge is 0.374 e. The zero-order chi connectivity index (χ0) is 19.2. The Morgan fingerprint density at radius 1 is 1.19 bits per heavy atom. The molecule has 0 aromatic heterocycles. The van der Waals surface area contributed by atoms with Gasteiger partial charge in [0, 0.05) is 24.8 Å². The van der Waals surface area contributed by atoms with Crippen LogP contribution in [-0.4, -0.2) is 26.5 Å². The van der Waals surface area contributed by atoms with Crippen LogP contribution in [0, 0.1) is 17.0 Å². The lowest BCUT2D eigenvalue weighted by atomic mass is 10.1. The summed E-state index contributed by atoms with van der Waals surface area (Å²) in [6.07, 6.45) is 0.414. The van der Waals surface area contributed by atoms with Gasteiger partial charge in [-0.1, -0.05) is 36.4 Å². The van der Waals surface area contributed by atoms with Gasteiger partial charge in [0.05, 0.1) is 15.9 Å². The smallest absolute Gasteiger partial charge is 0.273 e. The Morgan fingerprint density at radius 2 is 1.88 bits per heavy atom. The predicted molar refractivity (Wildman–Crippen MR) is 98.4 cm³/mol. The highest BCUT2D eigenvalue weighted by atomic mass is 32.2. The molecule has 0 fully saturated rings. The summed E-state index contributed by atoms with van der Waals surface area (Å²) in [5.74, 6) is 0. The Kier molecular flexibility index (Phi) is 6.84. The maximum absolute atomic E-state index is 12.3. The van der Waals surface area contributed by atoms with Gasteiger partial charge in [-0.05, 0) is 31.9 Å². The lowest BCUT2D eigenvalue weighted by Gasteiger charge is -2.13. The van der Waals surface area contributed by atoms with Gasteiger partial charge in [-0.15, -0.1) is 0 Å². The van der Waals surface area contributed by atoms with Crippen molar-refractivity contribution in [2.75, 3.05) is 13.2 Å². The molecule has 0 saturated heterocycles. The molecule has 0 aliphatic carbocycles. The first-order valence-electron chi connectivity index (χ1n) is 8.22. The first-order valence-corrected chi connectivity index (χ1v) is 9.71. The zero-order valence-corrected chi connectivity index (χ0v) is 15.5. The van der Waals surface area contributed by atoms with Gasteiger partial charge in [-0.3, -0.25) is 10.1 Å². The number of nitrogens with one attached hydrogen (secondary N) is 1. The first-order chi connectivity index (χ1) is 12.3. The van der Waals surface area contributed by atoms with Crippen molar-refractivity contribution in [3.8, 4) is 0 Å². The molecule has 1 atom stereocenters. The highest BCUT2D eigenvalue weighted by Crippen LogP contribution is 2.22. The molecule has 0 bridgehead atoms. The number of hydrogen-bond donors (Lipinski definition) is 1. The van der Waals surface area contributed by atoms with E-state index in [1.54, 1.807) is 6.92 Å². The SMILES string of the molecule is Cc1ccc(S(=O)(=O)NCCCOC(C)c2ccccc2)cc1[N+](=O)[O-]. The van der Waals surface area contributed by atoms with Crippen molar-refractivity contribution in [1.82, 2.24) is 4.72 Å². The van der Waals surface area contributed by atoms with Gasteiger partial charge < -0.3 is 4.74 Å². The Hall–Kier alpha value is -2.29. The summed E-state index contributed by atoms with van der Waals surface area (Å²) in [6.45, 7) is 4.08. The van der Waals surface area contributed by atoms with Gasteiger partial charge in [-0.2, -0.15) is 0 Å². The maximum atomic E-state index is 12.3. The number of benzene rings is 2. The molecule has 2 aromatic rings. The number of sulfonamides is 1. The molecule has 8 heteroatoms. The Morgan fingerprint density at radius 3 is 2.54 bits per heavy atom. The molecule has 0 amide bonds. The van der Waals surface area contributed by atoms with Crippen molar-refractivity contribution in [2.24, 2.45) is 0 Å². The molecule has 140 valence electrons. The van der Waals surface area contributed by atoms with Crippen molar-refractivity contribution in [2.45, 2.75) is 31.3 Å². The summed E-state index contributed by atoms with van der Waals surface area (Å²) in [6, 6.07) is 13.6. The lowest BCUT2D eigenvalue weighted by Crippen LogP contribution is -2.25. The van der Waals surface area contributed by atoms with Gasteiger partial charge in [0.25, 0.3) is 5.69 Å². The standard InChI is InChI=1S/C18H22N2O5S/c1-14-9-10-17(13-18(14)20(21)22)26(23,24)19-11-6-12-25-15(2)16-7-4-3-5-8-16/h3-5,7-10,13,15,19H,6,11-12H2,1-2H3. The van der Waals surface area contributed by atoms with Gasteiger partial charge in [0.2, 0.25) is 10.0 Å². The van der Waals surface area contributed by atoms with E-state index in [1.807, 2.05) is 37.3 Å². The van der Waals surface area contributed by atoms with E-state index in [9.17, 15) is 18.5 Å². The van der Waals surface area contributed by atoms with Crippen LogP contribution >= 0.6 is 0 Å². The topological polar surface area (TPSA) is 98.5 Å². The van der Waals surface area contributed by atoms with Crippen LogP contribution in [0.2, 0.25) is 0 Å². The van der Waals surface area contributed by atoms with E-state index >= 15 is 0 Å². The van der Waals surface area contributed by atoms with Crippen molar-refractivity contribution < 1.29 is 18.1 Å². The minimum atomic E-state index is -3.80. The third-order valence-electron chi connectivity index (χ3n) is 3.94. The van der Waals surface area contributed by atoms with Gasteiger partial charge in [0.1, 0.15) is 0 Å². The second-order valence-corrected chi connectivity index (χ2v) is 7.65. The van der Waals surface area contributed by atoms with Crippen LogP contribution in [0.1, 0.15) is 30.6 Å². The van der Waals surface area contributed by atoms with Crippen LogP contribution in [-0.2, 0) is 14.8 Å². The minimum Gasteiger partial charge on any atom is -0.374 e. The summed E-state index contributed by atoms with van der Waals surface area (Å²) in [5.41, 5.74) is 1.25. The van der Waals surface area contributed by atoms with E-state index in [-0.39, 0.29) is 23.2 Å². The molecule has 0 heterocycles. The number of nitrogens with zero attached hydrogens (tertiary/aromatic N) is 1. The summed E-state index contributed by atoms with van der Waals surface area (Å²) < 4.78 is 32.7. The van der Waals surface area contributed by atoms with E-state index < -0.39 is 14.9 Å². The number of hydrogen-bond acceptors (Lipinski definition) is 5. The summed E-state index contributed by atoms with van der Waals surface area (Å²) >= 11 is 0. The van der Waals surface area contributed by atoms with Gasteiger partial charge >= 0.3 is 0 Å². The predicted octanol–water partition coefficient (Wildman–Crippen LogP) is 3.35. The number of aryl methyl sites for hydroxylation is 1. The fourth-order valence-corrected chi connectivity index (χ4v) is 3.49. The van der Waals surface area contributed by atoms with Crippen molar-refractivity contribution in [1.29, 1.82) is 0 Å². The molecule has 2 rings (SSSR count). The van der Waals surface area contributed by atoms with E-state index in [4.69, 9.17) is 4.74 Å². The summed E-state index contributed by atoms with van der Waals surface area (Å²) in [4.78, 5) is 10.2. The molecule has 7 nitrogen and oxygen atoms in total. The maximum Gasteiger partial charge on any atom is 0.273 e. The number of rotatable bonds is 9. The molecule has 0 aliphatic rings. The van der Waals surface area contributed by atoms with Crippen LogP contribution in [0.3, 0.4) is 0 Å². The molecule has 0 radical (unpaired) electrons. The van der Waals surface area contributed by atoms with Crippen LogP contribution in [0.25, 0.3) is 0 Å². The normalized spacial score (nSPS) is 12.7. The zero-order valence-electron chi connectivity index (χ0n) is 14.7. The van der Waals surface area contributed by atoms with E-state index in [1.165, 1.54) is 12.1 Å². The van der Waals surface area contributed by atoms with Crippen molar-refractivity contribution >= 4 is 15.7 Å². The molecule has 0 spiro atoms. The Balaban J connectivity index is 1.85. The monoisotopic (exact) mass is 378 g/mol. The van der Waals surface area contributed by atoms with Gasteiger partial charge in [-0.25, -0.2) is 13.1 Å². The average Bonchev–Trinajstić information content (AvgIpc) is 2.61. The molecular formula is C18H22N2O5S. The molecule has 1 N–H and O–H groups in total. The second kappa shape index (κ2) is 8.88. The molecule has 26 heavy (non-hydrogen) atoms. The Bertz CT molecular complexity index is 853. The van der Waals surface area contributed by atoms with Crippen LogP contribution in [0.4, 0.5) is 5.69 Å². The Labute approximate surface area is 153 Å². The highest BCUT2D eigenvalue weighted by molar-refractivity contribution is 7.89. The minimum absolute atomic E-state index is 0.0763. The van der Waals surface area contributed by atoms with E-state index in [0.717, 1.165) is 11.6 Å². The highest BCUT2D eigenvalue weighted by Gasteiger charge is 2.19. The summed E-state index contributed by atoms with van der Waals surface area (Å²) in [7, 11) is -3.80. The van der Waals surface area contributed by atoms with E-state index in [0.29, 0.717) is 18.6 Å². The molecule has 0 aliphatic heterocycles. The third kappa shape index (κ3) is 5.35. The fraction of sp³-hybridized carbons (Fsp3) is 0.333. The third-order valence-corrected chi connectivity index (χ3v) is 5.40. The first kappa shape index (κ1) is 20.0. The quantitative estimate of drug-likeness (QED) is 0.410. The number of ether oxygens (including phenoxy) is 1. The van der Waals surface area contributed by atoms with Crippen molar-refractivity contribution in [3.63, 3.8) is 0 Å².